The van der Waals surface area contributed by atoms with Crippen LogP contribution >= 0.6 is 0 Å². The van der Waals surface area contributed by atoms with Crippen molar-refractivity contribution in [1.82, 2.24) is 20.3 Å². The number of carbonyl (C=O) groups is 2. The maximum Gasteiger partial charge on any atom is 0.325 e. The van der Waals surface area contributed by atoms with Crippen LogP contribution in [0.3, 0.4) is 0 Å². The van der Waals surface area contributed by atoms with Gasteiger partial charge in [-0.05, 0) is 0 Å². The predicted octanol–water partition coefficient (Wildman–Crippen LogP) is -0.642. The van der Waals surface area contributed by atoms with E-state index >= 15 is 0 Å². The second kappa shape index (κ2) is 5.14. The second-order valence-corrected chi connectivity index (χ2v) is 2.80. The highest BCUT2D eigenvalue weighted by Crippen LogP contribution is 1.95. The van der Waals surface area contributed by atoms with Crippen LogP contribution in [0.25, 0.3) is 0 Å². The van der Waals surface area contributed by atoms with Gasteiger partial charge >= 0.3 is 5.97 Å². The number of carboxylic acid groups (broad SMARTS) is 1. The number of carbonyl (C=O) groups excluding carboxylic acids is 1. The molecule has 0 aliphatic rings. The Balaban J connectivity index is 2.56. The summed E-state index contributed by atoms with van der Waals surface area (Å²) in [6.07, 6.45) is -1.59. The minimum Gasteiger partial charge on any atom is -0.480 e. The summed E-state index contributed by atoms with van der Waals surface area (Å²) in [5.41, 5.74) is -0.207. The molecule has 1 amide bonds. The SMILES string of the molecule is O=C(O)Cn1cc(C(=O)NCC(F)F)nn1. The van der Waals surface area contributed by atoms with E-state index in [4.69, 9.17) is 5.11 Å². The average molecular weight is 234 g/mol. The van der Waals surface area contributed by atoms with E-state index in [2.05, 4.69) is 10.3 Å². The molecule has 0 bridgehead atoms. The zero-order valence-corrected chi connectivity index (χ0v) is 7.93. The molecule has 1 aromatic heterocycles. The number of aliphatic carboxylic acids is 1. The summed E-state index contributed by atoms with van der Waals surface area (Å²) in [4.78, 5) is 21.4. The molecule has 1 heterocycles. The van der Waals surface area contributed by atoms with Crippen molar-refractivity contribution >= 4 is 11.9 Å². The standard InChI is InChI=1S/C7H8F2N4O3/c8-5(9)1-10-7(16)4-2-13(12-11-4)3-6(14)15/h2,5H,1,3H2,(H,10,16)(H,14,15). The molecule has 0 saturated carbocycles. The third-order valence-corrected chi connectivity index (χ3v) is 1.49. The molecule has 2 N–H and O–H groups in total. The van der Waals surface area contributed by atoms with Gasteiger partial charge in [0.1, 0.15) is 6.54 Å². The lowest BCUT2D eigenvalue weighted by Gasteiger charge is -1.99. The average Bonchev–Trinajstić information content (AvgIpc) is 2.61. The maximum absolute atomic E-state index is 11.8. The first-order valence-electron chi connectivity index (χ1n) is 4.17. The lowest BCUT2D eigenvalue weighted by molar-refractivity contribution is -0.137. The van der Waals surface area contributed by atoms with Crippen molar-refractivity contribution in [3.05, 3.63) is 11.9 Å². The molecule has 9 heteroatoms. The normalized spacial score (nSPS) is 10.4. The third kappa shape index (κ3) is 3.59. The van der Waals surface area contributed by atoms with Crippen LogP contribution in [0, 0.1) is 0 Å². The van der Waals surface area contributed by atoms with E-state index in [9.17, 15) is 18.4 Å². The molecule has 0 radical (unpaired) electrons. The number of alkyl halides is 2. The summed E-state index contributed by atoms with van der Waals surface area (Å²) in [5, 5.41) is 17.0. The Labute approximate surface area is 88.0 Å². The van der Waals surface area contributed by atoms with Crippen LogP contribution in [0.5, 0.6) is 0 Å². The second-order valence-electron chi connectivity index (χ2n) is 2.80. The Morgan fingerprint density at radius 1 is 1.56 bits per heavy atom. The Bertz CT molecular complexity index is 393. The highest BCUT2D eigenvalue weighted by Gasteiger charge is 2.13. The van der Waals surface area contributed by atoms with Crippen LogP contribution in [0.4, 0.5) is 8.78 Å². The fourth-order valence-electron chi connectivity index (χ4n) is 0.879. The van der Waals surface area contributed by atoms with Gasteiger partial charge in [0.05, 0.1) is 12.7 Å². The van der Waals surface area contributed by atoms with E-state index in [1.807, 2.05) is 5.32 Å². The smallest absolute Gasteiger partial charge is 0.325 e. The summed E-state index contributed by atoms with van der Waals surface area (Å²) in [6.45, 7) is -1.24. The van der Waals surface area contributed by atoms with E-state index in [0.29, 0.717) is 0 Å². The maximum atomic E-state index is 11.8. The first kappa shape index (κ1) is 12.0. The molecule has 1 aromatic rings. The van der Waals surface area contributed by atoms with Gasteiger partial charge in [0, 0.05) is 0 Å². The van der Waals surface area contributed by atoms with Crippen LogP contribution < -0.4 is 5.32 Å². The number of nitrogens with zero attached hydrogens (tertiary/aromatic N) is 3. The van der Waals surface area contributed by atoms with Crippen LogP contribution in [0.15, 0.2) is 6.20 Å². The molecule has 0 atom stereocenters. The van der Waals surface area contributed by atoms with E-state index < -0.39 is 31.4 Å². The van der Waals surface area contributed by atoms with Crippen molar-refractivity contribution in [2.45, 2.75) is 13.0 Å². The largest absolute Gasteiger partial charge is 0.480 e. The molecular weight excluding hydrogens is 226 g/mol. The number of hydrogen-bond acceptors (Lipinski definition) is 4. The van der Waals surface area contributed by atoms with Gasteiger partial charge in [0.25, 0.3) is 12.3 Å². The molecule has 7 nitrogen and oxygen atoms in total. The molecule has 88 valence electrons. The molecule has 0 aromatic carbocycles. The lowest BCUT2D eigenvalue weighted by atomic mass is 10.4. The number of carboxylic acids is 1. The van der Waals surface area contributed by atoms with Crippen molar-refractivity contribution in [3.63, 3.8) is 0 Å². The fraction of sp³-hybridized carbons (Fsp3) is 0.429. The zero-order valence-electron chi connectivity index (χ0n) is 7.93. The summed E-state index contributed by atoms with van der Waals surface area (Å²) in [7, 11) is 0. The molecular formula is C7H8F2N4O3. The van der Waals surface area contributed by atoms with Crippen molar-refractivity contribution in [2.24, 2.45) is 0 Å². The summed E-state index contributed by atoms with van der Waals surface area (Å²) >= 11 is 0. The molecule has 0 aliphatic carbocycles. The fourth-order valence-corrected chi connectivity index (χ4v) is 0.879. The number of hydrogen-bond donors (Lipinski definition) is 2. The van der Waals surface area contributed by atoms with Gasteiger partial charge in [0.2, 0.25) is 0 Å². The topological polar surface area (TPSA) is 97.1 Å². The van der Waals surface area contributed by atoms with Crippen molar-refractivity contribution in [3.8, 4) is 0 Å². The quantitative estimate of drug-likeness (QED) is 0.706. The molecule has 0 fully saturated rings. The highest BCUT2D eigenvalue weighted by molar-refractivity contribution is 5.91. The minimum atomic E-state index is -2.65. The number of amides is 1. The Hall–Kier alpha value is -2.06. The van der Waals surface area contributed by atoms with Gasteiger partial charge in [-0.2, -0.15) is 0 Å². The van der Waals surface area contributed by atoms with Gasteiger partial charge in [-0.3, -0.25) is 9.59 Å². The molecule has 0 unspecified atom stereocenters. The van der Waals surface area contributed by atoms with Crippen molar-refractivity contribution in [2.75, 3.05) is 6.54 Å². The number of rotatable bonds is 5. The first-order chi connectivity index (χ1) is 7.49. The van der Waals surface area contributed by atoms with E-state index in [1.165, 1.54) is 0 Å². The zero-order chi connectivity index (χ0) is 12.1. The number of aromatic nitrogens is 3. The lowest BCUT2D eigenvalue weighted by Crippen LogP contribution is -2.28. The Kier molecular flexibility index (Phi) is 3.86. The van der Waals surface area contributed by atoms with Crippen LogP contribution in [-0.4, -0.2) is 44.9 Å². The van der Waals surface area contributed by atoms with Crippen LogP contribution in [-0.2, 0) is 11.3 Å². The van der Waals surface area contributed by atoms with Crippen molar-refractivity contribution < 1.29 is 23.5 Å². The van der Waals surface area contributed by atoms with Gasteiger partial charge in [-0.25, -0.2) is 13.5 Å². The first-order valence-corrected chi connectivity index (χ1v) is 4.17. The molecule has 1 rings (SSSR count). The van der Waals surface area contributed by atoms with Crippen molar-refractivity contribution in [1.29, 1.82) is 0 Å². The van der Waals surface area contributed by atoms with Gasteiger partial charge in [-0.15, -0.1) is 5.10 Å². The van der Waals surface area contributed by atoms with Gasteiger partial charge in [-0.1, -0.05) is 5.21 Å². The number of nitrogens with one attached hydrogen (secondary N) is 1. The monoisotopic (exact) mass is 234 g/mol. The molecule has 0 saturated heterocycles. The van der Waals surface area contributed by atoms with E-state index in [1.54, 1.807) is 0 Å². The molecule has 16 heavy (non-hydrogen) atoms. The van der Waals surface area contributed by atoms with E-state index in [0.717, 1.165) is 10.9 Å². The Morgan fingerprint density at radius 3 is 2.81 bits per heavy atom. The van der Waals surface area contributed by atoms with Gasteiger partial charge in [0.15, 0.2) is 5.69 Å². The molecule has 0 spiro atoms. The Morgan fingerprint density at radius 2 is 2.25 bits per heavy atom. The van der Waals surface area contributed by atoms with Gasteiger partial charge < -0.3 is 10.4 Å². The summed E-state index contributed by atoms with van der Waals surface area (Å²) in [6, 6.07) is 0. The van der Waals surface area contributed by atoms with Crippen LogP contribution in [0.1, 0.15) is 10.5 Å². The number of halogens is 2. The summed E-state index contributed by atoms with van der Waals surface area (Å²) in [5.74, 6) is -1.97. The predicted molar refractivity (Wildman–Crippen MR) is 46.0 cm³/mol. The minimum absolute atomic E-state index is 0.207. The summed E-state index contributed by atoms with van der Waals surface area (Å²) < 4.78 is 24.4. The van der Waals surface area contributed by atoms with E-state index in [-0.39, 0.29) is 5.69 Å². The highest BCUT2D eigenvalue weighted by atomic mass is 19.3. The molecule has 0 aliphatic heterocycles. The third-order valence-electron chi connectivity index (χ3n) is 1.49. The van der Waals surface area contributed by atoms with Crippen LogP contribution in [0.2, 0.25) is 0 Å².